The van der Waals surface area contributed by atoms with Crippen molar-refractivity contribution < 1.29 is 27.3 Å². The number of quaternary nitrogens is 1. The lowest BCUT2D eigenvalue weighted by Gasteiger charge is -2.34. The van der Waals surface area contributed by atoms with Crippen LogP contribution in [-0.2, 0) is 14.8 Å². The van der Waals surface area contributed by atoms with Crippen molar-refractivity contribution in [1.29, 1.82) is 0 Å². The van der Waals surface area contributed by atoms with E-state index in [9.17, 15) is 22.4 Å². The van der Waals surface area contributed by atoms with E-state index in [0.717, 1.165) is 11.0 Å². The number of carbonyl (C=O) groups is 2. The van der Waals surface area contributed by atoms with E-state index in [1.54, 1.807) is 6.92 Å². The molecule has 1 atom stereocenters. The summed E-state index contributed by atoms with van der Waals surface area (Å²) in [5, 5.41) is 4.52. The Morgan fingerprint density at radius 3 is 2.48 bits per heavy atom. The first-order valence-electron chi connectivity index (χ1n) is 7.88. The van der Waals surface area contributed by atoms with Crippen molar-refractivity contribution in [3.8, 4) is 0 Å². The van der Waals surface area contributed by atoms with Gasteiger partial charge in [0.25, 0.3) is 5.91 Å². The standard InChI is InChI=1S/C15H21FN4O4S/c1-11(14(21)18-15(22)17-2)19-6-8-20(9-7-19)25(23,24)13-5-3-4-12(16)10-13/h3-5,10-11H,6-9H2,1-2H3,(H2,17,18,21,22)/p+1/t11-/m1/s1. The minimum Gasteiger partial charge on any atom is -0.341 e. The third-order valence-corrected chi connectivity index (χ3v) is 6.16. The Hall–Kier alpha value is -2.04. The van der Waals surface area contributed by atoms with Crippen LogP contribution in [0, 0.1) is 5.82 Å². The SMILES string of the molecule is CNC(=O)NC(=O)[C@@H](C)[NH+]1CCN(S(=O)(=O)c2cccc(F)c2)CC1. The molecule has 0 aromatic heterocycles. The number of piperazine rings is 1. The normalized spacial score (nSPS) is 17.7. The van der Waals surface area contributed by atoms with E-state index in [1.807, 2.05) is 0 Å². The highest BCUT2D eigenvalue weighted by Gasteiger charge is 2.34. The molecule has 0 saturated carbocycles. The predicted octanol–water partition coefficient (Wildman–Crippen LogP) is -1.44. The molecule has 0 aliphatic carbocycles. The van der Waals surface area contributed by atoms with Crippen LogP contribution in [0.1, 0.15) is 6.92 Å². The number of rotatable bonds is 4. The zero-order valence-electron chi connectivity index (χ0n) is 14.1. The fraction of sp³-hybridized carbons (Fsp3) is 0.467. The molecule has 1 aliphatic rings. The number of halogens is 1. The number of carbonyl (C=O) groups excluding carboxylic acids is 2. The average Bonchev–Trinajstić information content (AvgIpc) is 2.61. The van der Waals surface area contributed by atoms with E-state index in [1.165, 1.54) is 29.6 Å². The van der Waals surface area contributed by atoms with Crippen molar-refractivity contribution >= 4 is 22.0 Å². The van der Waals surface area contributed by atoms with E-state index in [4.69, 9.17) is 0 Å². The van der Waals surface area contributed by atoms with Crippen molar-refractivity contribution in [2.75, 3.05) is 33.2 Å². The van der Waals surface area contributed by atoms with Gasteiger partial charge in [0.05, 0.1) is 31.1 Å². The summed E-state index contributed by atoms with van der Waals surface area (Å²) in [6.07, 6.45) is 0. The maximum atomic E-state index is 13.3. The number of nitrogens with zero attached hydrogens (tertiary/aromatic N) is 1. The molecule has 138 valence electrons. The van der Waals surface area contributed by atoms with Gasteiger partial charge in [-0.15, -0.1) is 0 Å². The summed E-state index contributed by atoms with van der Waals surface area (Å²) in [6.45, 7) is 2.94. The summed E-state index contributed by atoms with van der Waals surface area (Å²) in [6, 6.07) is 3.83. The second kappa shape index (κ2) is 7.89. The molecular formula is C15H22FN4O4S+. The maximum Gasteiger partial charge on any atom is 0.321 e. The number of nitrogens with one attached hydrogen (secondary N) is 3. The number of benzene rings is 1. The Bertz CT molecular complexity index is 748. The summed E-state index contributed by atoms with van der Waals surface area (Å²) < 4.78 is 39.7. The van der Waals surface area contributed by atoms with E-state index in [0.29, 0.717) is 13.1 Å². The third-order valence-electron chi connectivity index (χ3n) is 4.27. The maximum absolute atomic E-state index is 13.3. The molecule has 1 saturated heterocycles. The van der Waals surface area contributed by atoms with E-state index < -0.39 is 33.8 Å². The molecule has 0 radical (unpaired) electrons. The second-order valence-electron chi connectivity index (χ2n) is 5.81. The lowest BCUT2D eigenvalue weighted by Crippen LogP contribution is -3.19. The van der Waals surface area contributed by atoms with Crippen LogP contribution in [-0.4, -0.2) is 63.9 Å². The van der Waals surface area contributed by atoms with Gasteiger partial charge >= 0.3 is 6.03 Å². The molecule has 8 nitrogen and oxygen atoms in total. The number of imide groups is 1. The Balaban J connectivity index is 1.99. The molecule has 1 aromatic rings. The van der Waals surface area contributed by atoms with Crippen molar-refractivity contribution in [2.45, 2.75) is 17.9 Å². The highest BCUT2D eigenvalue weighted by Crippen LogP contribution is 2.16. The van der Waals surface area contributed by atoms with Gasteiger partial charge in [0.2, 0.25) is 10.0 Å². The number of urea groups is 1. The smallest absolute Gasteiger partial charge is 0.321 e. The highest BCUT2D eigenvalue weighted by molar-refractivity contribution is 7.89. The summed E-state index contributed by atoms with van der Waals surface area (Å²) >= 11 is 0. The molecule has 3 N–H and O–H groups in total. The molecule has 2 rings (SSSR count). The van der Waals surface area contributed by atoms with Crippen LogP contribution in [0.4, 0.5) is 9.18 Å². The Morgan fingerprint density at radius 1 is 1.28 bits per heavy atom. The van der Waals surface area contributed by atoms with Gasteiger partial charge in [0.15, 0.2) is 6.04 Å². The monoisotopic (exact) mass is 373 g/mol. The minimum atomic E-state index is -3.76. The van der Waals surface area contributed by atoms with E-state index >= 15 is 0 Å². The molecule has 1 heterocycles. The highest BCUT2D eigenvalue weighted by atomic mass is 32.2. The molecule has 0 bridgehead atoms. The Morgan fingerprint density at radius 2 is 1.92 bits per heavy atom. The lowest BCUT2D eigenvalue weighted by molar-refractivity contribution is -0.917. The van der Waals surface area contributed by atoms with Gasteiger partial charge in [-0.25, -0.2) is 17.6 Å². The summed E-state index contributed by atoms with van der Waals surface area (Å²) in [7, 11) is -2.35. The van der Waals surface area contributed by atoms with Crippen LogP contribution in [0.5, 0.6) is 0 Å². The first-order chi connectivity index (χ1) is 11.8. The Labute approximate surface area is 146 Å². The van der Waals surface area contributed by atoms with Crippen LogP contribution >= 0.6 is 0 Å². The van der Waals surface area contributed by atoms with Crippen molar-refractivity contribution in [3.05, 3.63) is 30.1 Å². The number of hydrogen-bond donors (Lipinski definition) is 3. The summed E-state index contributed by atoms with van der Waals surface area (Å²) in [5.41, 5.74) is 0. The van der Waals surface area contributed by atoms with Gasteiger partial charge in [0, 0.05) is 7.05 Å². The van der Waals surface area contributed by atoms with E-state index in [2.05, 4.69) is 10.6 Å². The molecule has 25 heavy (non-hydrogen) atoms. The topological polar surface area (TPSA) is 100 Å². The molecule has 3 amide bonds. The van der Waals surface area contributed by atoms with Crippen LogP contribution in [0.2, 0.25) is 0 Å². The molecular weight excluding hydrogens is 351 g/mol. The largest absolute Gasteiger partial charge is 0.341 e. The molecule has 10 heteroatoms. The zero-order chi connectivity index (χ0) is 18.6. The van der Waals surface area contributed by atoms with Crippen LogP contribution in [0.25, 0.3) is 0 Å². The van der Waals surface area contributed by atoms with Crippen molar-refractivity contribution in [1.82, 2.24) is 14.9 Å². The molecule has 1 aromatic carbocycles. The van der Waals surface area contributed by atoms with Gasteiger partial charge in [-0.05, 0) is 25.1 Å². The summed E-state index contributed by atoms with van der Waals surface area (Å²) in [4.78, 5) is 24.0. The first-order valence-corrected chi connectivity index (χ1v) is 9.32. The number of amides is 3. The fourth-order valence-electron chi connectivity index (χ4n) is 2.69. The number of hydrogen-bond acceptors (Lipinski definition) is 4. The van der Waals surface area contributed by atoms with Crippen molar-refractivity contribution in [3.63, 3.8) is 0 Å². The van der Waals surface area contributed by atoms with Gasteiger partial charge in [-0.3, -0.25) is 10.1 Å². The second-order valence-corrected chi connectivity index (χ2v) is 7.75. The summed E-state index contributed by atoms with van der Waals surface area (Å²) in [5.74, 6) is -1.03. The molecule has 1 fully saturated rings. The van der Waals surface area contributed by atoms with E-state index in [-0.39, 0.29) is 18.0 Å². The molecule has 0 unspecified atom stereocenters. The van der Waals surface area contributed by atoms with Crippen LogP contribution < -0.4 is 15.5 Å². The van der Waals surface area contributed by atoms with Crippen molar-refractivity contribution in [2.24, 2.45) is 0 Å². The van der Waals surface area contributed by atoms with Gasteiger partial charge < -0.3 is 10.2 Å². The quantitative estimate of drug-likeness (QED) is 0.602. The minimum absolute atomic E-state index is 0.0821. The number of sulfonamides is 1. The molecule has 1 aliphatic heterocycles. The van der Waals surface area contributed by atoms with Gasteiger partial charge in [-0.2, -0.15) is 4.31 Å². The predicted molar refractivity (Wildman–Crippen MR) is 87.9 cm³/mol. The fourth-order valence-corrected chi connectivity index (χ4v) is 4.16. The average molecular weight is 373 g/mol. The molecule has 0 spiro atoms. The van der Waals surface area contributed by atoms with Gasteiger partial charge in [-0.1, -0.05) is 6.07 Å². The Kier molecular flexibility index (Phi) is 6.09. The van der Waals surface area contributed by atoms with Crippen LogP contribution in [0.15, 0.2) is 29.2 Å². The third kappa shape index (κ3) is 4.53. The van der Waals surface area contributed by atoms with Gasteiger partial charge in [0.1, 0.15) is 5.82 Å². The lowest BCUT2D eigenvalue weighted by atomic mass is 10.2. The van der Waals surface area contributed by atoms with Crippen LogP contribution in [0.3, 0.4) is 0 Å². The zero-order valence-corrected chi connectivity index (χ0v) is 14.9. The first kappa shape index (κ1) is 19.3.